The first-order valence-corrected chi connectivity index (χ1v) is 14.6. The van der Waals surface area contributed by atoms with Gasteiger partial charge in [0.25, 0.3) is 0 Å². The fraction of sp³-hybridized carbons (Fsp3) is 0.476. The zero-order chi connectivity index (χ0) is 27.3. The maximum atomic E-state index is 10.8. The summed E-state index contributed by atoms with van der Waals surface area (Å²) in [5.74, 6) is 0.566. The molecule has 7 atom stereocenters. The molecule has 6 heterocycles. The van der Waals surface area contributed by atoms with Crippen molar-refractivity contribution >= 4 is 52.4 Å². The normalized spacial score (nSPS) is 28.9. The molecule has 0 bridgehead atoms. The molecule has 4 aromatic heterocycles. The lowest BCUT2D eigenvalue weighted by Gasteiger charge is -2.24. The van der Waals surface area contributed by atoms with Crippen molar-refractivity contribution < 1.29 is 33.6 Å². The fourth-order valence-electron chi connectivity index (χ4n) is 4.85. The number of hydrogen-bond acceptors (Lipinski definition) is 14. The third-order valence-electron chi connectivity index (χ3n) is 6.78. The number of aliphatic hydroxyl groups excluding tert-OH is 2. The highest BCUT2D eigenvalue weighted by Crippen LogP contribution is 2.49. The van der Waals surface area contributed by atoms with Gasteiger partial charge in [-0.15, -0.1) is 0 Å². The minimum atomic E-state index is -3.82. The van der Waals surface area contributed by atoms with Crippen molar-refractivity contribution in [3.05, 3.63) is 31.2 Å². The van der Waals surface area contributed by atoms with Crippen molar-refractivity contribution in [2.45, 2.75) is 49.7 Å². The van der Waals surface area contributed by atoms with Crippen molar-refractivity contribution in [2.75, 3.05) is 24.7 Å². The van der Waals surface area contributed by atoms with E-state index in [1.54, 1.807) is 21.4 Å². The van der Waals surface area contributed by atoms with Gasteiger partial charge >= 0.3 is 6.72 Å². The SMILES string of the molecule is Nc1ncnc2c1ccn2[C@H]1C[C@H](O)[C@@H](COP(O)(=S)O[C@H]2C[C@H](n3cnc4c(N)ncnc43)O[C@@H]2CO)O1. The standard InChI is InChI=1S/C21H26N9O7PS/c22-18-10-1-2-29(20(10)26-7-24-18)15-3-11(32)14(36-15)6-34-38(33,39)37-12-4-16(35-13(12)5-31)30-9-28-17-19(23)25-8-27-21(17)30/h1-2,7-9,11-16,31-32H,3-6H2,(H,33,39)(H2,22,24,26)(H2,23,25,27)/t11-,12-,13+,14+,15+,16+,38?/m0/s1. The number of fused-ring (bicyclic) bond motifs is 2. The largest absolute Gasteiger partial charge is 0.394 e. The molecule has 2 aliphatic heterocycles. The number of hydrogen-bond donors (Lipinski definition) is 5. The number of aliphatic hydroxyl groups is 2. The maximum Gasteiger partial charge on any atom is 0.324 e. The second kappa shape index (κ2) is 10.3. The second-order valence-corrected chi connectivity index (χ2v) is 12.0. The van der Waals surface area contributed by atoms with Gasteiger partial charge < -0.3 is 49.7 Å². The van der Waals surface area contributed by atoms with Crippen LogP contribution < -0.4 is 11.5 Å². The van der Waals surface area contributed by atoms with Crippen LogP contribution in [0, 0.1) is 0 Å². The third-order valence-corrected chi connectivity index (χ3v) is 8.37. The lowest BCUT2D eigenvalue weighted by atomic mass is 10.2. The summed E-state index contributed by atoms with van der Waals surface area (Å²) < 4.78 is 26.6. The zero-order valence-corrected chi connectivity index (χ0v) is 22.0. The van der Waals surface area contributed by atoms with Gasteiger partial charge in [-0.2, -0.15) is 0 Å². The van der Waals surface area contributed by atoms with E-state index in [0.717, 1.165) is 0 Å². The molecule has 18 heteroatoms. The number of nitrogens with zero attached hydrogens (tertiary/aromatic N) is 7. The van der Waals surface area contributed by atoms with Crippen molar-refractivity contribution in [3.8, 4) is 0 Å². The highest BCUT2D eigenvalue weighted by atomic mass is 32.5. The Kier molecular flexibility index (Phi) is 6.95. The second-order valence-electron chi connectivity index (χ2n) is 9.19. The number of nitrogen functional groups attached to an aromatic ring is 2. The summed E-state index contributed by atoms with van der Waals surface area (Å²) in [6.45, 7) is -4.42. The van der Waals surface area contributed by atoms with Gasteiger partial charge in [-0.1, -0.05) is 0 Å². The first-order valence-electron chi connectivity index (χ1n) is 12.0. The summed E-state index contributed by atoms with van der Waals surface area (Å²) in [6.07, 6.45) is 2.00. The number of anilines is 2. The fourth-order valence-corrected chi connectivity index (χ4v) is 6.33. The number of ether oxygens (including phenoxy) is 2. The Morgan fingerprint density at radius 3 is 2.51 bits per heavy atom. The average molecular weight is 580 g/mol. The van der Waals surface area contributed by atoms with Crippen LogP contribution in [0.2, 0.25) is 0 Å². The lowest BCUT2D eigenvalue weighted by molar-refractivity contribution is -0.0506. The summed E-state index contributed by atoms with van der Waals surface area (Å²) in [5.41, 5.74) is 13.2. The molecule has 0 aromatic carbocycles. The van der Waals surface area contributed by atoms with E-state index in [4.69, 9.17) is 41.8 Å². The Bertz CT molecular complexity index is 1550. The maximum absolute atomic E-state index is 10.8. The van der Waals surface area contributed by atoms with Crippen LogP contribution in [0.3, 0.4) is 0 Å². The Hall–Kier alpha value is -2.86. The molecule has 6 rings (SSSR count). The first-order chi connectivity index (χ1) is 18.7. The molecule has 0 amide bonds. The molecule has 1 unspecified atom stereocenters. The molecule has 4 aromatic rings. The Morgan fingerprint density at radius 1 is 1.00 bits per heavy atom. The van der Waals surface area contributed by atoms with Gasteiger partial charge in [0, 0.05) is 19.0 Å². The van der Waals surface area contributed by atoms with Gasteiger partial charge in [-0.05, 0) is 17.9 Å². The van der Waals surface area contributed by atoms with E-state index in [1.807, 2.05) is 0 Å². The van der Waals surface area contributed by atoms with Crippen LogP contribution in [0.1, 0.15) is 25.3 Å². The number of imidazole rings is 1. The predicted octanol–water partition coefficient (Wildman–Crippen LogP) is -0.0176. The molecule has 2 aliphatic rings. The van der Waals surface area contributed by atoms with Crippen LogP contribution in [0.15, 0.2) is 31.2 Å². The lowest BCUT2D eigenvalue weighted by Crippen LogP contribution is -2.29. The number of rotatable bonds is 8. The summed E-state index contributed by atoms with van der Waals surface area (Å²) in [7, 11) is 0. The van der Waals surface area contributed by atoms with Crippen LogP contribution in [-0.2, 0) is 30.3 Å². The Balaban J connectivity index is 1.09. The van der Waals surface area contributed by atoms with Crippen LogP contribution >= 0.6 is 6.72 Å². The molecule has 39 heavy (non-hydrogen) atoms. The van der Waals surface area contributed by atoms with Gasteiger partial charge in [-0.3, -0.25) is 4.57 Å². The highest BCUT2D eigenvalue weighted by molar-refractivity contribution is 8.07. The van der Waals surface area contributed by atoms with Gasteiger partial charge in [0.15, 0.2) is 11.5 Å². The average Bonchev–Trinajstić information content (AvgIpc) is 3.68. The minimum absolute atomic E-state index is 0.217. The van der Waals surface area contributed by atoms with Gasteiger partial charge in [-0.25, -0.2) is 24.9 Å². The number of aromatic nitrogens is 7. The topological polar surface area (TPSA) is 224 Å². The van der Waals surface area contributed by atoms with Crippen molar-refractivity contribution in [2.24, 2.45) is 0 Å². The van der Waals surface area contributed by atoms with Gasteiger partial charge in [0.1, 0.15) is 54.3 Å². The van der Waals surface area contributed by atoms with E-state index in [1.165, 1.54) is 19.0 Å². The quantitative estimate of drug-likeness (QED) is 0.173. The van der Waals surface area contributed by atoms with E-state index >= 15 is 0 Å². The first kappa shape index (κ1) is 26.4. The smallest absolute Gasteiger partial charge is 0.324 e. The molecule has 0 radical (unpaired) electrons. The van der Waals surface area contributed by atoms with E-state index in [2.05, 4.69) is 24.9 Å². The van der Waals surface area contributed by atoms with E-state index < -0.39 is 43.6 Å². The zero-order valence-electron chi connectivity index (χ0n) is 20.3. The Morgan fingerprint density at radius 2 is 1.72 bits per heavy atom. The molecule has 0 spiro atoms. The highest BCUT2D eigenvalue weighted by Gasteiger charge is 2.42. The van der Waals surface area contributed by atoms with E-state index in [9.17, 15) is 15.1 Å². The molecule has 7 N–H and O–H groups in total. The summed E-state index contributed by atoms with van der Waals surface area (Å²) in [5, 5.41) is 21.1. The van der Waals surface area contributed by atoms with Gasteiger partial charge in [0.2, 0.25) is 0 Å². The van der Waals surface area contributed by atoms with Crippen LogP contribution in [0.25, 0.3) is 22.2 Å². The molecule has 2 fully saturated rings. The summed E-state index contributed by atoms with van der Waals surface area (Å²) in [6, 6.07) is 1.77. The predicted molar refractivity (Wildman–Crippen MR) is 139 cm³/mol. The summed E-state index contributed by atoms with van der Waals surface area (Å²) >= 11 is 5.23. The van der Waals surface area contributed by atoms with Crippen LogP contribution in [0.5, 0.6) is 0 Å². The van der Waals surface area contributed by atoms with Crippen molar-refractivity contribution in [3.63, 3.8) is 0 Å². The van der Waals surface area contributed by atoms with E-state index in [-0.39, 0.29) is 31.9 Å². The van der Waals surface area contributed by atoms with Crippen molar-refractivity contribution in [1.29, 1.82) is 0 Å². The molecule has 16 nitrogen and oxygen atoms in total. The summed E-state index contributed by atoms with van der Waals surface area (Å²) in [4.78, 5) is 31.4. The molecule has 2 saturated heterocycles. The van der Waals surface area contributed by atoms with E-state index in [0.29, 0.717) is 28.0 Å². The minimum Gasteiger partial charge on any atom is -0.394 e. The van der Waals surface area contributed by atoms with Crippen LogP contribution in [0.4, 0.5) is 11.6 Å². The molecular formula is C21H26N9O7PS. The monoisotopic (exact) mass is 579 g/mol. The third kappa shape index (κ3) is 4.97. The number of nitrogens with two attached hydrogens (primary N) is 2. The van der Waals surface area contributed by atoms with Crippen molar-refractivity contribution in [1.82, 2.24) is 34.1 Å². The molecule has 208 valence electrons. The Labute approximate surface area is 225 Å². The molecule has 0 saturated carbocycles. The molecular weight excluding hydrogens is 553 g/mol. The molecule has 0 aliphatic carbocycles. The van der Waals surface area contributed by atoms with Crippen LogP contribution in [-0.4, -0.2) is 86.8 Å². The van der Waals surface area contributed by atoms with Gasteiger partial charge in [0.05, 0.1) is 37.1 Å².